The molecule has 1 atom stereocenters. The summed E-state index contributed by atoms with van der Waals surface area (Å²) in [6, 6.07) is 16.1. The molecule has 0 aromatic heterocycles. The molecule has 0 saturated carbocycles. The Bertz CT molecular complexity index is 697. The average molecular weight is 328 g/mol. The Hall–Kier alpha value is -2.13. The summed E-state index contributed by atoms with van der Waals surface area (Å²) in [5.74, 6) is 0.0339. The minimum atomic E-state index is -0.336. The van der Waals surface area contributed by atoms with Gasteiger partial charge in [-0.05, 0) is 30.5 Å². The van der Waals surface area contributed by atoms with Crippen molar-refractivity contribution in [1.82, 2.24) is 4.90 Å². The van der Waals surface area contributed by atoms with Crippen molar-refractivity contribution in [2.24, 2.45) is 0 Å². The number of halogens is 1. The average Bonchev–Trinajstić information content (AvgIpc) is 3.07. The lowest BCUT2D eigenvalue weighted by Crippen LogP contribution is -2.41. The fourth-order valence-electron chi connectivity index (χ4n) is 3.01. The normalized spacial score (nSPS) is 17.3. The molecule has 1 amide bonds. The van der Waals surface area contributed by atoms with Gasteiger partial charge in [-0.2, -0.15) is 0 Å². The summed E-state index contributed by atoms with van der Waals surface area (Å²) in [4.78, 5) is 27.0. The molecule has 1 fully saturated rings. The molecule has 0 spiro atoms. The number of likely N-dealkylation sites (tertiary alicyclic amines) is 1. The molecule has 4 heteroatoms. The molecular formula is C19H18ClNO2. The maximum atomic E-state index is 12.6. The van der Waals surface area contributed by atoms with Gasteiger partial charge in [-0.25, -0.2) is 0 Å². The van der Waals surface area contributed by atoms with Gasteiger partial charge in [0.15, 0.2) is 5.78 Å². The number of carbonyl (C=O) groups is 2. The maximum absolute atomic E-state index is 12.6. The van der Waals surface area contributed by atoms with Crippen LogP contribution in [0.1, 0.15) is 28.8 Å². The molecule has 1 aliphatic rings. The number of carbonyl (C=O) groups excluding carboxylic acids is 2. The number of Topliss-reactive ketones (excluding diaryl/α,β-unsaturated/α-hetero) is 1. The molecule has 0 radical (unpaired) electrons. The van der Waals surface area contributed by atoms with Crippen molar-refractivity contribution in [2.75, 3.05) is 6.54 Å². The summed E-state index contributed by atoms with van der Waals surface area (Å²) >= 11 is 5.87. The van der Waals surface area contributed by atoms with Gasteiger partial charge in [-0.3, -0.25) is 9.59 Å². The van der Waals surface area contributed by atoms with Crippen molar-refractivity contribution in [3.05, 3.63) is 70.7 Å². The van der Waals surface area contributed by atoms with Crippen LogP contribution in [-0.4, -0.2) is 29.2 Å². The first kappa shape index (κ1) is 15.8. The van der Waals surface area contributed by atoms with Gasteiger partial charge in [0, 0.05) is 17.1 Å². The molecule has 23 heavy (non-hydrogen) atoms. The molecule has 2 aromatic rings. The number of benzene rings is 2. The Labute approximate surface area is 140 Å². The predicted octanol–water partition coefficient (Wildman–Crippen LogP) is 3.76. The first-order valence-corrected chi connectivity index (χ1v) is 8.16. The second-order valence-electron chi connectivity index (χ2n) is 5.78. The molecule has 1 aliphatic heterocycles. The number of amides is 1. The van der Waals surface area contributed by atoms with Gasteiger partial charge in [-0.1, -0.05) is 54.1 Å². The Kier molecular flexibility index (Phi) is 4.77. The van der Waals surface area contributed by atoms with E-state index in [0.29, 0.717) is 23.6 Å². The van der Waals surface area contributed by atoms with E-state index in [1.165, 1.54) is 0 Å². The fraction of sp³-hybridized carbons (Fsp3) is 0.263. The Morgan fingerprint density at radius 3 is 2.43 bits per heavy atom. The quantitative estimate of drug-likeness (QED) is 0.802. The van der Waals surface area contributed by atoms with Crippen molar-refractivity contribution in [1.29, 1.82) is 0 Å². The summed E-state index contributed by atoms with van der Waals surface area (Å²) in [6.45, 7) is 0.648. The van der Waals surface area contributed by atoms with Crippen molar-refractivity contribution < 1.29 is 9.59 Å². The van der Waals surface area contributed by atoms with Gasteiger partial charge >= 0.3 is 0 Å². The number of nitrogens with zero attached hydrogens (tertiary/aromatic N) is 1. The fourth-order valence-corrected chi connectivity index (χ4v) is 3.14. The number of rotatable bonds is 4. The third-order valence-electron chi connectivity index (χ3n) is 4.20. The second-order valence-corrected chi connectivity index (χ2v) is 6.22. The lowest BCUT2D eigenvalue weighted by atomic mass is 10.0. The topological polar surface area (TPSA) is 37.4 Å². The van der Waals surface area contributed by atoms with E-state index >= 15 is 0 Å². The first-order chi connectivity index (χ1) is 11.1. The van der Waals surface area contributed by atoms with Gasteiger partial charge in [-0.15, -0.1) is 0 Å². The third kappa shape index (κ3) is 3.62. The number of hydrogen-bond acceptors (Lipinski definition) is 2. The van der Waals surface area contributed by atoms with Crippen LogP contribution in [0.5, 0.6) is 0 Å². The molecule has 118 valence electrons. The van der Waals surface area contributed by atoms with Crippen LogP contribution in [0.2, 0.25) is 5.02 Å². The highest BCUT2D eigenvalue weighted by atomic mass is 35.5. The highest BCUT2D eigenvalue weighted by Gasteiger charge is 2.34. The van der Waals surface area contributed by atoms with Crippen LogP contribution in [0.3, 0.4) is 0 Å². The zero-order chi connectivity index (χ0) is 16.2. The summed E-state index contributed by atoms with van der Waals surface area (Å²) in [7, 11) is 0. The molecule has 3 nitrogen and oxygen atoms in total. The molecule has 2 aromatic carbocycles. The molecule has 0 N–H and O–H groups in total. The summed E-state index contributed by atoms with van der Waals surface area (Å²) in [5.41, 5.74) is 1.58. The van der Waals surface area contributed by atoms with Crippen LogP contribution in [0, 0.1) is 0 Å². The number of hydrogen-bond donors (Lipinski definition) is 0. The van der Waals surface area contributed by atoms with Crippen molar-refractivity contribution in [3.63, 3.8) is 0 Å². The highest BCUT2D eigenvalue weighted by Crippen LogP contribution is 2.22. The van der Waals surface area contributed by atoms with Gasteiger partial charge < -0.3 is 4.90 Å². The van der Waals surface area contributed by atoms with Crippen molar-refractivity contribution in [2.45, 2.75) is 25.3 Å². The van der Waals surface area contributed by atoms with E-state index in [9.17, 15) is 9.59 Å². The first-order valence-electron chi connectivity index (χ1n) is 7.78. The highest BCUT2D eigenvalue weighted by molar-refractivity contribution is 6.30. The van der Waals surface area contributed by atoms with Crippen molar-refractivity contribution >= 4 is 23.3 Å². The predicted molar refractivity (Wildman–Crippen MR) is 90.7 cm³/mol. The molecule has 0 bridgehead atoms. The monoisotopic (exact) mass is 327 g/mol. The van der Waals surface area contributed by atoms with E-state index in [1.54, 1.807) is 17.0 Å². The minimum Gasteiger partial charge on any atom is -0.332 e. The van der Waals surface area contributed by atoms with Crippen LogP contribution < -0.4 is 0 Å². The van der Waals surface area contributed by atoms with E-state index in [-0.39, 0.29) is 17.7 Å². The smallest absolute Gasteiger partial charge is 0.227 e. The SMILES string of the molecule is O=C(c1ccccc1)C1CCCN1C(=O)Cc1ccc(Cl)cc1. The standard InChI is InChI=1S/C19H18ClNO2/c20-16-10-8-14(9-11-16)13-18(22)21-12-4-7-17(21)19(23)15-5-2-1-3-6-15/h1-3,5-6,8-11,17H,4,7,12-13H2. The van der Waals surface area contributed by atoms with Crippen molar-refractivity contribution in [3.8, 4) is 0 Å². The Morgan fingerprint density at radius 1 is 1.04 bits per heavy atom. The van der Waals surface area contributed by atoms with E-state index in [1.807, 2.05) is 42.5 Å². The van der Waals surface area contributed by atoms with Crippen LogP contribution in [0.15, 0.2) is 54.6 Å². The van der Waals surface area contributed by atoms with Gasteiger partial charge in [0.05, 0.1) is 12.5 Å². The van der Waals surface area contributed by atoms with Gasteiger partial charge in [0.1, 0.15) is 0 Å². The lowest BCUT2D eigenvalue weighted by Gasteiger charge is -2.24. The van der Waals surface area contributed by atoms with Gasteiger partial charge in [0.25, 0.3) is 0 Å². The largest absolute Gasteiger partial charge is 0.332 e. The van der Waals surface area contributed by atoms with E-state index < -0.39 is 0 Å². The number of ketones is 1. The second kappa shape index (κ2) is 6.97. The van der Waals surface area contributed by atoms with Crippen LogP contribution >= 0.6 is 11.6 Å². The maximum Gasteiger partial charge on any atom is 0.227 e. The zero-order valence-corrected chi connectivity index (χ0v) is 13.5. The van der Waals surface area contributed by atoms with Crippen LogP contribution in [-0.2, 0) is 11.2 Å². The van der Waals surface area contributed by atoms with E-state index in [0.717, 1.165) is 18.4 Å². The van der Waals surface area contributed by atoms with Crippen LogP contribution in [0.4, 0.5) is 0 Å². The molecule has 3 rings (SSSR count). The van der Waals surface area contributed by atoms with E-state index in [2.05, 4.69) is 0 Å². The molecule has 1 unspecified atom stereocenters. The van der Waals surface area contributed by atoms with E-state index in [4.69, 9.17) is 11.6 Å². The zero-order valence-electron chi connectivity index (χ0n) is 12.7. The summed E-state index contributed by atoms with van der Waals surface area (Å²) in [5, 5.41) is 0.652. The van der Waals surface area contributed by atoms with Gasteiger partial charge in [0.2, 0.25) is 5.91 Å². The minimum absolute atomic E-state index is 0.000830. The molecule has 0 aliphatic carbocycles. The lowest BCUT2D eigenvalue weighted by molar-refractivity contribution is -0.130. The summed E-state index contributed by atoms with van der Waals surface area (Å²) in [6.07, 6.45) is 1.91. The summed E-state index contributed by atoms with van der Waals surface area (Å²) < 4.78 is 0. The Morgan fingerprint density at radius 2 is 1.74 bits per heavy atom. The molecule has 1 heterocycles. The molecular weight excluding hydrogens is 310 g/mol. The Balaban J connectivity index is 1.72. The van der Waals surface area contributed by atoms with Crippen LogP contribution in [0.25, 0.3) is 0 Å². The third-order valence-corrected chi connectivity index (χ3v) is 4.45. The molecule has 1 saturated heterocycles.